The van der Waals surface area contributed by atoms with Gasteiger partial charge in [0.05, 0.1) is 6.10 Å². The Morgan fingerprint density at radius 3 is 2.94 bits per heavy atom. The van der Waals surface area contributed by atoms with Crippen LogP contribution in [-0.4, -0.2) is 25.0 Å². The number of methoxy groups -OCH3 is 1. The van der Waals surface area contributed by atoms with E-state index in [1.54, 1.807) is 7.11 Å². The lowest BCUT2D eigenvalue weighted by molar-refractivity contribution is 0.0839. The van der Waals surface area contributed by atoms with Gasteiger partial charge in [0.2, 0.25) is 0 Å². The summed E-state index contributed by atoms with van der Waals surface area (Å²) < 4.78 is 5.37. The molecule has 0 saturated heterocycles. The van der Waals surface area contributed by atoms with Crippen LogP contribution in [0, 0.1) is 0 Å². The molecule has 18 heavy (non-hydrogen) atoms. The highest BCUT2D eigenvalue weighted by atomic mass is 35.5. The van der Waals surface area contributed by atoms with Gasteiger partial charge in [0.1, 0.15) is 0 Å². The summed E-state index contributed by atoms with van der Waals surface area (Å²) in [6, 6.07) is 6.89. The predicted octanol–water partition coefficient (Wildman–Crippen LogP) is 3.89. The monoisotopic (exact) mass is 285 g/mol. The van der Waals surface area contributed by atoms with Gasteiger partial charge in [-0.3, -0.25) is 0 Å². The van der Waals surface area contributed by atoms with Crippen molar-refractivity contribution >= 4 is 23.4 Å². The molecule has 1 aromatic rings. The van der Waals surface area contributed by atoms with Crippen molar-refractivity contribution in [2.24, 2.45) is 0 Å². The smallest absolute Gasteiger partial charge is 0.0693 e. The molecule has 0 fully saturated rings. The lowest BCUT2D eigenvalue weighted by Crippen LogP contribution is -2.40. The SMILES string of the molecule is COC(C)C(C)NC1CCSc2ccc(Cl)cc21. The van der Waals surface area contributed by atoms with Crippen molar-refractivity contribution in [3.8, 4) is 0 Å². The summed E-state index contributed by atoms with van der Waals surface area (Å²) in [5.41, 5.74) is 1.33. The first kappa shape index (κ1) is 14.2. The highest BCUT2D eigenvalue weighted by Gasteiger charge is 2.23. The third kappa shape index (κ3) is 3.21. The fraction of sp³-hybridized carbons (Fsp3) is 0.571. The number of rotatable bonds is 4. The highest BCUT2D eigenvalue weighted by Crippen LogP contribution is 2.37. The molecule has 1 aliphatic heterocycles. The fourth-order valence-electron chi connectivity index (χ4n) is 2.20. The molecular weight excluding hydrogens is 266 g/mol. The number of hydrogen-bond acceptors (Lipinski definition) is 3. The number of fused-ring (bicyclic) bond motifs is 1. The molecule has 4 heteroatoms. The van der Waals surface area contributed by atoms with E-state index in [2.05, 4.69) is 31.3 Å². The topological polar surface area (TPSA) is 21.3 Å². The number of benzene rings is 1. The average Bonchev–Trinajstić information content (AvgIpc) is 2.38. The summed E-state index contributed by atoms with van der Waals surface area (Å²) in [6.07, 6.45) is 1.35. The lowest BCUT2D eigenvalue weighted by Gasteiger charge is -2.31. The quantitative estimate of drug-likeness (QED) is 0.907. The Labute approximate surface area is 118 Å². The molecule has 0 saturated carbocycles. The summed E-state index contributed by atoms with van der Waals surface area (Å²) in [4.78, 5) is 1.35. The van der Waals surface area contributed by atoms with Gasteiger partial charge >= 0.3 is 0 Å². The van der Waals surface area contributed by atoms with Gasteiger partial charge in [-0.15, -0.1) is 11.8 Å². The largest absolute Gasteiger partial charge is 0.380 e. The van der Waals surface area contributed by atoms with Gasteiger partial charge in [-0.2, -0.15) is 0 Å². The molecule has 0 radical (unpaired) electrons. The van der Waals surface area contributed by atoms with Gasteiger partial charge < -0.3 is 10.1 Å². The van der Waals surface area contributed by atoms with E-state index in [4.69, 9.17) is 16.3 Å². The minimum absolute atomic E-state index is 0.210. The average molecular weight is 286 g/mol. The third-order valence-corrected chi connectivity index (χ3v) is 4.91. The molecule has 1 N–H and O–H groups in total. The van der Waals surface area contributed by atoms with Gasteiger partial charge in [-0.25, -0.2) is 0 Å². The van der Waals surface area contributed by atoms with Crippen molar-refractivity contribution in [3.05, 3.63) is 28.8 Å². The number of nitrogens with one attached hydrogen (secondary N) is 1. The van der Waals surface area contributed by atoms with Crippen molar-refractivity contribution in [1.29, 1.82) is 0 Å². The maximum absolute atomic E-state index is 6.11. The molecule has 2 rings (SSSR count). The summed E-state index contributed by atoms with van der Waals surface area (Å²) >= 11 is 8.02. The molecular formula is C14H20ClNOS. The summed E-state index contributed by atoms with van der Waals surface area (Å²) in [7, 11) is 1.75. The van der Waals surface area contributed by atoms with Crippen LogP contribution < -0.4 is 5.32 Å². The van der Waals surface area contributed by atoms with E-state index in [0.29, 0.717) is 12.1 Å². The normalized spacial score (nSPS) is 22.3. The van der Waals surface area contributed by atoms with Gasteiger partial charge in [-0.1, -0.05) is 11.6 Å². The highest BCUT2D eigenvalue weighted by molar-refractivity contribution is 7.99. The van der Waals surface area contributed by atoms with Gasteiger partial charge in [0, 0.05) is 29.1 Å². The maximum atomic E-state index is 6.11. The van der Waals surface area contributed by atoms with Crippen LogP contribution in [0.1, 0.15) is 31.9 Å². The van der Waals surface area contributed by atoms with E-state index in [-0.39, 0.29) is 6.10 Å². The molecule has 1 aliphatic rings. The Balaban J connectivity index is 2.14. The van der Waals surface area contributed by atoms with Gasteiger partial charge in [-0.05, 0) is 49.8 Å². The Morgan fingerprint density at radius 2 is 2.22 bits per heavy atom. The van der Waals surface area contributed by atoms with Crippen LogP contribution in [0.25, 0.3) is 0 Å². The zero-order valence-electron chi connectivity index (χ0n) is 11.1. The first-order valence-corrected chi connectivity index (χ1v) is 7.69. The van der Waals surface area contributed by atoms with Crippen molar-refractivity contribution in [3.63, 3.8) is 0 Å². The molecule has 0 amide bonds. The van der Waals surface area contributed by atoms with Crippen LogP contribution in [-0.2, 0) is 4.74 Å². The molecule has 0 aliphatic carbocycles. The zero-order chi connectivity index (χ0) is 13.1. The molecule has 3 unspecified atom stereocenters. The van der Waals surface area contributed by atoms with Crippen LogP contribution in [0.2, 0.25) is 5.02 Å². The van der Waals surface area contributed by atoms with Crippen molar-refractivity contribution in [2.45, 2.75) is 43.4 Å². The minimum atomic E-state index is 0.210. The maximum Gasteiger partial charge on any atom is 0.0693 e. The number of hydrogen-bond donors (Lipinski definition) is 1. The molecule has 3 atom stereocenters. The summed E-state index contributed by atoms with van der Waals surface area (Å²) in [6.45, 7) is 4.26. The summed E-state index contributed by atoms with van der Waals surface area (Å²) in [5, 5.41) is 4.47. The molecule has 0 spiro atoms. The van der Waals surface area contributed by atoms with E-state index in [0.717, 1.165) is 17.2 Å². The molecule has 0 bridgehead atoms. The summed E-state index contributed by atoms with van der Waals surface area (Å²) in [5.74, 6) is 1.15. The van der Waals surface area contributed by atoms with E-state index in [1.165, 1.54) is 10.5 Å². The standard InChI is InChI=1S/C14H20ClNOS/c1-9(10(2)17-3)16-13-6-7-18-14-5-4-11(15)8-12(13)14/h4-5,8-10,13,16H,6-7H2,1-3H3. The van der Waals surface area contributed by atoms with Crippen molar-refractivity contribution in [2.75, 3.05) is 12.9 Å². The van der Waals surface area contributed by atoms with Crippen LogP contribution in [0.15, 0.2) is 23.1 Å². The first-order valence-electron chi connectivity index (χ1n) is 6.33. The number of halogens is 1. The first-order chi connectivity index (χ1) is 8.61. The fourth-order valence-corrected chi connectivity index (χ4v) is 3.48. The molecule has 1 aromatic carbocycles. The molecule has 0 aromatic heterocycles. The van der Waals surface area contributed by atoms with E-state index >= 15 is 0 Å². The van der Waals surface area contributed by atoms with Gasteiger partial charge in [0.25, 0.3) is 0 Å². The Bertz CT molecular complexity index is 413. The van der Waals surface area contributed by atoms with Crippen molar-refractivity contribution in [1.82, 2.24) is 5.32 Å². The number of thioether (sulfide) groups is 1. The van der Waals surface area contributed by atoms with Gasteiger partial charge in [0.15, 0.2) is 0 Å². The Hall–Kier alpha value is -0.220. The van der Waals surface area contributed by atoms with Crippen LogP contribution in [0.4, 0.5) is 0 Å². The third-order valence-electron chi connectivity index (χ3n) is 3.55. The Kier molecular flexibility index (Phi) is 4.96. The number of ether oxygens (including phenoxy) is 1. The molecule has 100 valence electrons. The van der Waals surface area contributed by atoms with Crippen LogP contribution in [0.3, 0.4) is 0 Å². The minimum Gasteiger partial charge on any atom is -0.380 e. The molecule has 2 nitrogen and oxygen atoms in total. The zero-order valence-corrected chi connectivity index (χ0v) is 12.6. The van der Waals surface area contributed by atoms with Crippen molar-refractivity contribution < 1.29 is 4.74 Å². The van der Waals surface area contributed by atoms with E-state index in [1.807, 2.05) is 17.8 Å². The predicted molar refractivity (Wildman–Crippen MR) is 78.6 cm³/mol. The molecule has 1 heterocycles. The lowest BCUT2D eigenvalue weighted by atomic mass is 10.0. The van der Waals surface area contributed by atoms with E-state index in [9.17, 15) is 0 Å². The Morgan fingerprint density at radius 1 is 1.44 bits per heavy atom. The van der Waals surface area contributed by atoms with Crippen LogP contribution in [0.5, 0.6) is 0 Å². The van der Waals surface area contributed by atoms with E-state index < -0.39 is 0 Å². The second-order valence-corrected chi connectivity index (χ2v) is 6.34. The second-order valence-electron chi connectivity index (χ2n) is 4.77. The van der Waals surface area contributed by atoms with Crippen LogP contribution >= 0.6 is 23.4 Å². The second kappa shape index (κ2) is 6.29.